The molecule has 7 heteroatoms. The van der Waals surface area contributed by atoms with Crippen molar-refractivity contribution in [2.75, 3.05) is 13.1 Å². The van der Waals surface area contributed by atoms with Crippen LogP contribution in [0.5, 0.6) is 0 Å². The van der Waals surface area contributed by atoms with Gasteiger partial charge in [-0.25, -0.2) is 0 Å². The molecule has 1 aromatic carbocycles. The van der Waals surface area contributed by atoms with Crippen molar-refractivity contribution in [3.8, 4) is 0 Å². The Labute approximate surface area is 156 Å². The van der Waals surface area contributed by atoms with Gasteiger partial charge in [-0.2, -0.15) is 0 Å². The van der Waals surface area contributed by atoms with Crippen LogP contribution in [0.2, 0.25) is 5.02 Å². The molecule has 2 atom stereocenters. The van der Waals surface area contributed by atoms with Crippen molar-refractivity contribution in [2.24, 2.45) is 11.7 Å². The Kier molecular flexibility index (Phi) is 5.93. The molecule has 2 N–H and O–H groups in total. The first-order chi connectivity index (χ1) is 12.1. The molecule has 1 aromatic heterocycles. The minimum atomic E-state index is -0.0934. The summed E-state index contributed by atoms with van der Waals surface area (Å²) in [4.78, 5) is 15.5. The van der Waals surface area contributed by atoms with Gasteiger partial charge in [-0.05, 0) is 43.0 Å². The first-order valence-electron chi connectivity index (χ1n) is 8.35. The first-order valence-corrected chi connectivity index (χ1v) is 9.55. The van der Waals surface area contributed by atoms with Gasteiger partial charge in [-0.15, -0.1) is 10.2 Å². The lowest BCUT2D eigenvalue weighted by atomic mass is 9.92. The Hall–Kier alpha value is -1.63. The minimum Gasteiger partial charge on any atom is -0.333 e. The largest absolute Gasteiger partial charge is 0.333 e. The molecule has 1 aliphatic rings. The molecule has 3 rings (SSSR count). The Morgan fingerprint density at radius 2 is 2.12 bits per heavy atom. The fourth-order valence-electron chi connectivity index (χ4n) is 3.02. The fraction of sp³-hybridized carbons (Fsp3) is 0.389. The number of benzene rings is 1. The maximum absolute atomic E-state index is 12.7. The van der Waals surface area contributed by atoms with E-state index >= 15 is 0 Å². The fourth-order valence-corrected chi connectivity index (χ4v) is 4.02. The normalized spacial score (nSPS) is 20.5. The SMILES string of the molecule is CC1CCN(C(=O)c2ccc(Sc3ccccc3Cl)nn2)C(CN)C1. The van der Waals surface area contributed by atoms with E-state index in [9.17, 15) is 4.79 Å². The van der Waals surface area contributed by atoms with Gasteiger partial charge in [0.15, 0.2) is 5.69 Å². The van der Waals surface area contributed by atoms with Crippen LogP contribution in [0.15, 0.2) is 46.3 Å². The van der Waals surface area contributed by atoms with Gasteiger partial charge < -0.3 is 10.6 Å². The third kappa shape index (κ3) is 4.32. The van der Waals surface area contributed by atoms with E-state index < -0.39 is 0 Å². The zero-order valence-electron chi connectivity index (χ0n) is 14.1. The van der Waals surface area contributed by atoms with Crippen molar-refractivity contribution in [2.45, 2.75) is 35.7 Å². The number of amides is 1. The summed E-state index contributed by atoms with van der Waals surface area (Å²) in [5.74, 6) is 0.502. The molecule has 0 spiro atoms. The van der Waals surface area contributed by atoms with Crippen LogP contribution in [0, 0.1) is 5.92 Å². The van der Waals surface area contributed by atoms with Crippen molar-refractivity contribution >= 4 is 29.3 Å². The average Bonchev–Trinajstić information content (AvgIpc) is 2.63. The topological polar surface area (TPSA) is 72.1 Å². The number of hydrogen-bond donors (Lipinski definition) is 1. The van der Waals surface area contributed by atoms with E-state index in [2.05, 4.69) is 17.1 Å². The van der Waals surface area contributed by atoms with Crippen molar-refractivity contribution < 1.29 is 4.79 Å². The highest BCUT2D eigenvalue weighted by Gasteiger charge is 2.30. The lowest BCUT2D eigenvalue weighted by molar-refractivity contribution is 0.0566. The van der Waals surface area contributed by atoms with Gasteiger partial charge in [0.1, 0.15) is 5.03 Å². The number of carbonyl (C=O) groups is 1. The van der Waals surface area contributed by atoms with Crippen LogP contribution in [0.4, 0.5) is 0 Å². The van der Waals surface area contributed by atoms with E-state index in [-0.39, 0.29) is 11.9 Å². The van der Waals surface area contributed by atoms with E-state index in [0.717, 1.165) is 24.3 Å². The van der Waals surface area contributed by atoms with Gasteiger partial charge in [0.25, 0.3) is 5.91 Å². The lowest BCUT2D eigenvalue weighted by Gasteiger charge is -2.37. The summed E-state index contributed by atoms with van der Waals surface area (Å²) >= 11 is 7.58. The summed E-state index contributed by atoms with van der Waals surface area (Å²) in [6, 6.07) is 11.2. The number of likely N-dealkylation sites (tertiary alicyclic amines) is 1. The van der Waals surface area contributed by atoms with Gasteiger partial charge in [0.2, 0.25) is 0 Å². The number of piperidine rings is 1. The smallest absolute Gasteiger partial charge is 0.274 e. The van der Waals surface area contributed by atoms with Gasteiger partial charge in [-0.1, -0.05) is 42.4 Å². The second-order valence-corrected chi connectivity index (χ2v) is 7.78. The standard InChI is InChI=1S/C18H21ClN4OS/c1-12-8-9-23(13(10-12)11-20)18(24)15-6-7-17(22-21-15)25-16-5-3-2-4-14(16)19/h2-7,12-13H,8-11,20H2,1H3. The van der Waals surface area contributed by atoms with Gasteiger partial charge in [0.05, 0.1) is 5.02 Å². The summed E-state index contributed by atoms with van der Waals surface area (Å²) in [6.07, 6.45) is 1.94. The van der Waals surface area contributed by atoms with Crippen molar-refractivity contribution in [3.05, 3.63) is 47.1 Å². The monoisotopic (exact) mass is 376 g/mol. The minimum absolute atomic E-state index is 0.0789. The number of rotatable bonds is 4. The van der Waals surface area contributed by atoms with Crippen LogP contribution in [0.1, 0.15) is 30.3 Å². The third-order valence-corrected chi connectivity index (χ3v) is 5.87. The van der Waals surface area contributed by atoms with E-state index in [1.54, 1.807) is 12.1 Å². The molecule has 5 nitrogen and oxygen atoms in total. The molecule has 0 saturated carbocycles. The number of hydrogen-bond acceptors (Lipinski definition) is 5. The first kappa shape index (κ1) is 18.2. The quantitative estimate of drug-likeness (QED) is 0.884. The Morgan fingerprint density at radius 3 is 2.80 bits per heavy atom. The molecule has 0 bridgehead atoms. The number of nitrogens with zero attached hydrogens (tertiary/aromatic N) is 3. The number of carbonyl (C=O) groups excluding carboxylic acids is 1. The summed E-state index contributed by atoms with van der Waals surface area (Å²) in [5, 5.41) is 9.66. The highest BCUT2D eigenvalue weighted by atomic mass is 35.5. The van der Waals surface area contributed by atoms with E-state index in [1.165, 1.54) is 11.8 Å². The van der Waals surface area contributed by atoms with Crippen molar-refractivity contribution in [1.29, 1.82) is 0 Å². The molecule has 1 aliphatic heterocycles. The zero-order valence-corrected chi connectivity index (χ0v) is 15.6. The second-order valence-electron chi connectivity index (χ2n) is 6.31. The van der Waals surface area contributed by atoms with Crippen LogP contribution >= 0.6 is 23.4 Å². The molecule has 1 saturated heterocycles. The summed E-state index contributed by atoms with van der Waals surface area (Å²) < 4.78 is 0. The Bertz CT molecular complexity index is 740. The van der Waals surface area contributed by atoms with Crippen LogP contribution in [-0.4, -0.2) is 40.1 Å². The summed E-state index contributed by atoms with van der Waals surface area (Å²) in [6.45, 7) is 3.40. The molecular formula is C18H21ClN4OS. The maximum atomic E-state index is 12.7. The molecule has 1 amide bonds. The highest BCUT2D eigenvalue weighted by molar-refractivity contribution is 7.99. The van der Waals surface area contributed by atoms with Crippen LogP contribution in [-0.2, 0) is 0 Å². The molecule has 1 fully saturated rings. The van der Waals surface area contributed by atoms with E-state index in [1.807, 2.05) is 29.2 Å². The molecule has 0 aliphatic carbocycles. The van der Waals surface area contributed by atoms with Crippen molar-refractivity contribution in [3.63, 3.8) is 0 Å². The molecule has 2 unspecified atom stereocenters. The van der Waals surface area contributed by atoms with Gasteiger partial charge in [0, 0.05) is 24.0 Å². The Morgan fingerprint density at radius 1 is 1.32 bits per heavy atom. The number of nitrogens with two attached hydrogens (primary N) is 1. The van der Waals surface area contributed by atoms with Crippen LogP contribution in [0.25, 0.3) is 0 Å². The predicted octanol–water partition coefficient (Wildman–Crippen LogP) is 3.48. The van der Waals surface area contributed by atoms with E-state index in [0.29, 0.717) is 28.2 Å². The van der Waals surface area contributed by atoms with Gasteiger partial charge >= 0.3 is 0 Å². The second kappa shape index (κ2) is 8.17. The zero-order chi connectivity index (χ0) is 17.8. The predicted molar refractivity (Wildman–Crippen MR) is 99.9 cm³/mol. The molecule has 25 heavy (non-hydrogen) atoms. The summed E-state index contributed by atoms with van der Waals surface area (Å²) in [5.41, 5.74) is 6.21. The Balaban J connectivity index is 1.71. The van der Waals surface area contributed by atoms with Gasteiger partial charge in [-0.3, -0.25) is 4.79 Å². The molecular weight excluding hydrogens is 356 g/mol. The maximum Gasteiger partial charge on any atom is 0.274 e. The summed E-state index contributed by atoms with van der Waals surface area (Å²) in [7, 11) is 0. The molecule has 2 heterocycles. The lowest BCUT2D eigenvalue weighted by Crippen LogP contribution is -2.49. The highest BCUT2D eigenvalue weighted by Crippen LogP contribution is 2.31. The van der Waals surface area contributed by atoms with Crippen molar-refractivity contribution in [1.82, 2.24) is 15.1 Å². The van der Waals surface area contributed by atoms with Crippen LogP contribution in [0.3, 0.4) is 0 Å². The average molecular weight is 377 g/mol. The third-order valence-electron chi connectivity index (χ3n) is 4.42. The van der Waals surface area contributed by atoms with E-state index in [4.69, 9.17) is 17.3 Å². The van der Waals surface area contributed by atoms with Crippen LogP contribution < -0.4 is 5.73 Å². The molecule has 0 radical (unpaired) electrons. The number of aromatic nitrogens is 2. The molecule has 2 aromatic rings. The number of halogens is 1. The molecule has 132 valence electrons.